The van der Waals surface area contributed by atoms with Crippen molar-refractivity contribution in [2.75, 3.05) is 40.0 Å². The maximum Gasteiger partial charge on any atom is 0.239 e. The number of hydrogen-bond acceptors (Lipinski definition) is 4. The van der Waals surface area contributed by atoms with Crippen molar-refractivity contribution in [3.63, 3.8) is 0 Å². The molecule has 1 heterocycles. The number of nitrogens with one attached hydrogen (secondary N) is 3. The lowest BCUT2D eigenvalue weighted by Gasteiger charge is -2.21. The second-order valence-electron chi connectivity index (χ2n) is 6.36. The van der Waals surface area contributed by atoms with Crippen LogP contribution in [-0.2, 0) is 14.3 Å². The van der Waals surface area contributed by atoms with E-state index in [0.29, 0.717) is 25.7 Å². The Labute approximate surface area is 133 Å². The SMILES string of the molecule is CN=C(NCCOCC1CCCO1)NCC(=O)NC(C)(C)C. The summed E-state index contributed by atoms with van der Waals surface area (Å²) in [6, 6.07) is 0. The van der Waals surface area contributed by atoms with Crippen LogP contribution in [0.2, 0.25) is 0 Å². The van der Waals surface area contributed by atoms with Crippen molar-refractivity contribution in [2.45, 2.75) is 45.3 Å². The zero-order valence-corrected chi connectivity index (χ0v) is 14.2. The molecule has 128 valence electrons. The molecule has 0 aliphatic carbocycles. The third-order valence-corrected chi connectivity index (χ3v) is 3.02. The quantitative estimate of drug-likeness (QED) is 0.357. The van der Waals surface area contributed by atoms with E-state index >= 15 is 0 Å². The topological polar surface area (TPSA) is 84.0 Å². The molecule has 1 atom stereocenters. The maximum atomic E-state index is 11.7. The van der Waals surface area contributed by atoms with Gasteiger partial charge in [-0.05, 0) is 33.6 Å². The molecule has 7 heteroatoms. The fourth-order valence-electron chi connectivity index (χ4n) is 2.08. The first-order chi connectivity index (χ1) is 10.4. The number of amides is 1. The predicted molar refractivity (Wildman–Crippen MR) is 87.1 cm³/mol. The average Bonchev–Trinajstić information content (AvgIpc) is 2.93. The predicted octanol–water partition coefficient (Wildman–Crippen LogP) is 0.262. The molecule has 22 heavy (non-hydrogen) atoms. The molecular weight excluding hydrogens is 284 g/mol. The summed E-state index contributed by atoms with van der Waals surface area (Å²) in [7, 11) is 1.67. The lowest BCUT2D eigenvalue weighted by atomic mass is 10.1. The molecule has 0 aromatic carbocycles. The number of carbonyl (C=O) groups is 1. The summed E-state index contributed by atoms with van der Waals surface area (Å²) in [4.78, 5) is 15.8. The van der Waals surface area contributed by atoms with Gasteiger partial charge in [0, 0.05) is 25.7 Å². The first-order valence-corrected chi connectivity index (χ1v) is 7.85. The molecule has 7 nitrogen and oxygen atoms in total. The van der Waals surface area contributed by atoms with Crippen LogP contribution in [0.15, 0.2) is 4.99 Å². The summed E-state index contributed by atoms with van der Waals surface area (Å²) >= 11 is 0. The number of rotatable bonds is 7. The molecule has 0 radical (unpaired) electrons. The normalized spacial score (nSPS) is 19.1. The van der Waals surface area contributed by atoms with Crippen molar-refractivity contribution in [2.24, 2.45) is 4.99 Å². The van der Waals surface area contributed by atoms with Gasteiger partial charge in [0.05, 0.1) is 25.9 Å². The largest absolute Gasteiger partial charge is 0.377 e. The molecule has 0 saturated carbocycles. The van der Waals surface area contributed by atoms with E-state index in [1.54, 1.807) is 7.05 Å². The number of ether oxygens (including phenoxy) is 2. The fraction of sp³-hybridized carbons (Fsp3) is 0.867. The second kappa shape index (κ2) is 9.63. The van der Waals surface area contributed by atoms with Gasteiger partial charge < -0.3 is 25.4 Å². The molecule has 0 aromatic heterocycles. The zero-order chi connectivity index (χ0) is 16.4. The Morgan fingerprint density at radius 2 is 2.14 bits per heavy atom. The van der Waals surface area contributed by atoms with Gasteiger partial charge in [-0.1, -0.05) is 0 Å². The molecule has 1 aliphatic heterocycles. The fourth-order valence-corrected chi connectivity index (χ4v) is 2.08. The van der Waals surface area contributed by atoms with E-state index in [1.807, 2.05) is 20.8 Å². The second-order valence-corrected chi connectivity index (χ2v) is 6.36. The highest BCUT2D eigenvalue weighted by Crippen LogP contribution is 2.11. The van der Waals surface area contributed by atoms with Crippen molar-refractivity contribution >= 4 is 11.9 Å². The first kappa shape index (κ1) is 18.7. The maximum absolute atomic E-state index is 11.7. The summed E-state index contributed by atoms with van der Waals surface area (Å²) in [6.45, 7) is 8.73. The lowest BCUT2D eigenvalue weighted by molar-refractivity contribution is -0.121. The number of nitrogens with zero attached hydrogens (tertiary/aromatic N) is 1. The van der Waals surface area contributed by atoms with Gasteiger partial charge in [0.15, 0.2) is 5.96 Å². The number of carbonyl (C=O) groups excluding carboxylic acids is 1. The van der Waals surface area contributed by atoms with Crippen LogP contribution in [0.25, 0.3) is 0 Å². The van der Waals surface area contributed by atoms with Crippen LogP contribution < -0.4 is 16.0 Å². The van der Waals surface area contributed by atoms with E-state index in [2.05, 4.69) is 20.9 Å². The Morgan fingerprint density at radius 1 is 1.36 bits per heavy atom. The van der Waals surface area contributed by atoms with E-state index in [4.69, 9.17) is 9.47 Å². The Bertz CT molecular complexity index is 360. The molecule has 3 N–H and O–H groups in total. The average molecular weight is 314 g/mol. The minimum absolute atomic E-state index is 0.0647. The van der Waals surface area contributed by atoms with Crippen molar-refractivity contribution < 1.29 is 14.3 Å². The van der Waals surface area contributed by atoms with Crippen LogP contribution in [-0.4, -0.2) is 63.5 Å². The molecule has 1 aliphatic rings. The Hall–Kier alpha value is -1.34. The molecule has 0 bridgehead atoms. The summed E-state index contributed by atoms with van der Waals surface area (Å²) in [5.74, 6) is 0.523. The highest BCUT2D eigenvalue weighted by molar-refractivity contribution is 5.86. The van der Waals surface area contributed by atoms with Gasteiger partial charge in [-0.2, -0.15) is 0 Å². The van der Waals surface area contributed by atoms with E-state index in [1.165, 1.54) is 0 Å². The molecule has 1 amide bonds. The zero-order valence-electron chi connectivity index (χ0n) is 14.2. The minimum atomic E-state index is -0.230. The summed E-state index contributed by atoms with van der Waals surface area (Å²) < 4.78 is 11.0. The van der Waals surface area contributed by atoms with Crippen LogP contribution in [0.5, 0.6) is 0 Å². The van der Waals surface area contributed by atoms with Gasteiger partial charge in [-0.3, -0.25) is 9.79 Å². The molecule has 1 rings (SSSR count). The van der Waals surface area contributed by atoms with Gasteiger partial charge in [0.2, 0.25) is 5.91 Å². The van der Waals surface area contributed by atoms with E-state index < -0.39 is 0 Å². The van der Waals surface area contributed by atoms with Crippen molar-refractivity contribution in [3.8, 4) is 0 Å². The summed E-state index contributed by atoms with van der Waals surface area (Å²) in [5.41, 5.74) is -0.230. The van der Waals surface area contributed by atoms with E-state index in [-0.39, 0.29) is 24.1 Å². The number of guanidine groups is 1. The summed E-state index contributed by atoms with van der Waals surface area (Å²) in [6.07, 6.45) is 2.46. The molecular formula is C15H30N4O3. The van der Waals surface area contributed by atoms with Crippen molar-refractivity contribution in [1.82, 2.24) is 16.0 Å². The summed E-state index contributed by atoms with van der Waals surface area (Å²) in [5, 5.41) is 8.96. The lowest BCUT2D eigenvalue weighted by Crippen LogP contribution is -2.48. The number of aliphatic imine (C=N–C) groups is 1. The van der Waals surface area contributed by atoms with Crippen LogP contribution in [0.4, 0.5) is 0 Å². The van der Waals surface area contributed by atoms with Crippen LogP contribution in [0.3, 0.4) is 0 Å². The van der Waals surface area contributed by atoms with Crippen molar-refractivity contribution in [1.29, 1.82) is 0 Å². The van der Waals surface area contributed by atoms with Gasteiger partial charge in [0.1, 0.15) is 0 Å². The molecule has 1 fully saturated rings. The van der Waals surface area contributed by atoms with E-state index in [9.17, 15) is 4.79 Å². The minimum Gasteiger partial charge on any atom is -0.377 e. The monoisotopic (exact) mass is 314 g/mol. The van der Waals surface area contributed by atoms with E-state index in [0.717, 1.165) is 19.4 Å². The Morgan fingerprint density at radius 3 is 2.73 bits per heavy atom. The van der Waals surface area contributed by atoms with Crippen LogP contribution in [0, 0.1) is 0 Å². The van der Waals surface area contributed by atoms with Crippen LogP contribution >= 0.6 is 0 Å². The van der Waals surface area contributed by atoms with Gasteiger partial charge in [-0.25, -0.2) is 0 Å². The van der Waals surface area contributed by atoms with Crippen LogP contribution in [0.1, 0.15) is 33.6 Å². The van der Waals surface area contributed by atoms with Gasteiger partial charge in [-0.15, -0.1) is 0 Å². The third-order valence-electron chi connectivity index (χ3n) is 3.02. The smallest absolute Gasteiger partial charge is 0.239 e. The number of hydrogen-bond donors (Lipinski definition) is 3. The van der Waals surface area contributed by atoms with Gasteiger partial charge >= 0.3 is 0 Å². The van der Waals surface area contributed by atoms with Crippen molar-refractivity contribution in [3.05, 3.63) is 0 Å². The highest BCUT2D eigenvalue weighted by atomic mass is 16.5. The Balaban J connectivity index is 2.08. The molecule has 1 unspecified atom stereocenters. The van der Waals surface area contributed by atoms with Gasteiger partial charge in [0.25, 0.3) is 0 Å². The molecule has 1 saturated heterocycles. The molecule has 0 aromatic rings. The highest BCUT2D eigenvalue weighted by Gasteiger charge is 2.15. The standard InChI is InChI=1S/C15H30N4O3/c1-15(2,3)19-13(20)10-18-14(16-4)17-7-9-21-11-12-6-5-8-22-12/h12H,5-11H2,1-4H3,(H,19,20)(H2,16,17,18). The third kappa shape index (κ3) is 8.84. The molecule has 0 spiro atoms. The first-order valence-electron chi connectivity index (χ1n) is 7.85. The Kier molecular flexibility index (Phi) is 8.19.